The lowest BCUT2D eigenvalue weighted by atomic mass is 10.2. The Balaban J connectivity index is 2.19. The molecule has 0 radical (unpaired) electrons. The van der Waals surface area contributed by atoms with Crippen molar-refractivity contribution in [3.05, 3.63) is 57.8 Å². The maximum absolute atomic E-state index is 10.8. The number of carboxylic acid groups (broad SMARTS) is 1. The summed E-state index contributed by atoms with van der Waals surface area (Å²) >= 11 is 0. The van der Waals surface area contributed by atoms with E-state index in [1.54, 1.807) is 12.1 Å². The molecule has 0 fully saturated rings. The quantitative estimate of drug-likeness (QED) is 0.516. The first-order valence-corrected chi connectivity index (χ1v) is 5.18. The van der Waals surface area contributed by atoms with Crippen molar-refractivity contribution in [3.63, 3.8) is 0 Å². The van der Waals surface area contributed by atoms with Crippen molar-refractivity contribution in [2.45, 2.75) is 0 Å². The van der Waals surface area contributed by atoms with Crippen molar-refractivity contribution in [3.8, 4) is 0 Å². The second-order valence-corrected chi connectivity index (χ2v) is 3.55. The van der Waals surface area contributed by atoms with E-state index in [-0.39, 0.29) is 17.2 Å². The third-order valence-electron chi connectivity index (χ3n) is 2.23. The SMILES string of the molecule is O=C(O)c1cccc(N=Cc2ccc([N+](=O)[O-])o2)c1. The smallest absolute Gasteiger partial charge is 0.433 e. The standard InChI is InChI=1S/C12H8N2O5/c15-12(16)8-2-1-3-9(6-8)13-7-10-4-5-11(19-10)14(17)18/h1-7H,(H,15,16). The van der Waals surface area contributed by atoms with Gasteiger partial charge in [-0.05, 0) is 24.3 Å². The predicted octanol–water partition coefficient (Wildman–Crippen LogP) is 2.64. The van der Waals surface area contributed by atoms with E-state index in [1.165, 1.54) is 30.5 Å². The highest BCUT2D eigenvalue weighted by molar-refractivity contribution is 5.89. The van der Waals surface area contributed by atoms with Gasteiger partial charge in [-0.2, -0.15) is 0 Å². The maximum Gasteiger partial charge on any atom is 0.433 e. The maximum atomic E-state index is 10.8. The number of carboxylic acids is 1. The Morgan fingerprint density at radius 1 is 1.37 bits per heavy atom. The van der Waals surface area contributed by atoms with Gasteiger partial charge in [0.1, 0.15) is 4.92 Å². The van der Waals surface area contributed by atoms with Crippen LogP contribution in [0.5, 0.6) is 0 Å². The predicted molar refractivity (Wildman–Crippen MR) is 66.0 cm³/mol. The summed E-state index contributed by atoms with van der Waals surface area (Å²) in [5.74, 6) is -1.21. The van der Waals surface area contributed by atoms with Crippen molar-refractivity contribution >= 4 is 23.8 Å². The minimum atomic E-state index is -1.05. The second-order valence-electron chi connectivity index (χ2n) is 3.55. The van der Waals surface area contributed by atoms with Crippen LogP contribution in [0.15, 0.2) is 45.8 Å². The molecule has 1 heterocycles. The number of nitro groups is 1. The van der Waals surface area contributed by atoms with Gasteiger partial charge in [0.2, 0.25) is 0 Å². The number of benzene rings is 1. The van der Waals surface area contributed by atoms with E-state index in [0.29, 0.717) is 5.69 Å². The summed E-state index contributed by atoms with van der Waals surface area (Å²) in [4.78, 5) is 24.5. The number of carbonyl (C=O) groups is 1. The summed E-state index contributed by atoms with van der Waals surface area (Å²) in [5.41, 5.74) is 0.527. The van der Waals surface area contributed by atoms with Crippen LogP contribution in [-0.2, 0) is 0 Å². The van der Waals surface area contributed by atoms with Crippen LogP contribution in [-0.4, -0.2) is 22.2 Å². The molecule has 0 aliphatic carbocycles. The molecule has 7 heteroatoms. The van der Waals surface area contributed by atoms with Crippen molar-refractivity contribution in [1.82, 2.24) is 0 Å². The molecular weight excluding hydrogens is 252 g/mol. The molecular formula is C12H8N2O5. The zero-order valence-corrected chi connectivity index (χ0v) is 9.52. The molecule has 0 aliphatic rings. The Bertz CT molecular complexity index is 660. The van der Waals surface area contributed by atoms with Crippen LogP contribution in [0.2, 0.25) is 0 Å². The molecule has 0 amide bonds. The van der Waals surface area contributed by atoms with Gasteiger partial charge in [0, 0.05) is 0 Å². The fraction of sp³-hybridized carbons (Fsp3) is 0. The fourth-order valence-corrected chi connectivity index (χ4v) is 1.37. The highest BCUT2D eigenvalue weighted by Gasteiger charge is 2.10. The zero-order chi connectivity index (χ0) is 13.8. The molecule has 96 valence electrons. The number of nitrogens with zero attached hydrogens (tertiary/aromatic N) is 2. The summed E-state index contributed by atoms with van der Waals surface area (Å²) < 4.78 is 4.88. The highest BCUT2D eigenvalue weighted by atomic mass is 16.6. The lowest BCUT2D eigenvalue weighted by Gasteiger charge is -1.95. The van der Waals surface area contributed by atoms with E-state index in [0.717, 1.165) is 0 Å². The molecule has 2 rings (SSSR count). The normalized spacial score (nSPS) is 10.7. The molecule has 1 N–H and O–H groups in total. The summed E-state index contributed by atoms with van der Waals surface area (Å²) in [6.07, 6.45) is 1.29. The number of hydrogen-bond acceptors (Lipinski definition) is 5. The first kappa shape index (κ1) is 12.5. The Labute approximate surface area is 107 Å². The van der Waals surface area contributed by atoms with Gasteiger partial charge in [-0.25, -0.2) is 4.79 Å². The molecule has 1 aromatic heterocycles. The Morgan fingerprint density at radius 3 is 2.79 bits per heavy atom. The van der Waals surface area contributed by atoms with Crippen LogP contribution >= 0.6 is 0 Å². The van der Waals surface area contributed by atoms with Crippen molar-refractivity contribution in [2.24, 2.45) is 4.99 Å². The minimum Gasteiger partial charge on any atom is -0.478 e. The van der Waals surface area contributed by atoms with Gasteiger partial charge in [-0.1, -0.05) is 6.07 Å². The lowest BCUT2D eigenvalue weighted by molar-refractivity contribution is -0.402. The lowest BCUT2D eigenvalue weighted by Crippen LogP contribution is -1.94. The van der Waals surface area contributed by atoms with Crippen LogP contribution in [0.1, 0.15) is 16.1 Å². The molecule has 0 unspecified atom stereocenters. The molecule has 7 nitrogen and oxygen atoms in total. The number of furan rings is 1. The Morgan fingerprint density at radius 2 is 2.16 bits per heavy atom. The molecule has 0 aliphatic heterocycles. The Kier molecular flexibility index (Phi) is 3.37. The van der Waals surface area contributed by atoms with Gasteiger partial charge in [-0.15, -0.1) is 0 Å². The van der Waals surface area contributed by atoms with Gasteiger partial charge >= 0.3 is 11.9 Å². The fourth-order valence-electron chi connectivity index (χ4n) is 1.37. The van der Waals surface area contributed by atoms with E-state index in [1.807, 2.05) is 0 Å². The van der Waals surface area contributed by atoms with Crippen molar-refractivity contribution in [1.29, 1.82) is 0 Å². The molecule has 1 aromatic carbocycles. The third kappa shape index (κ3) is 3.03. The van der Waals surface area contributed by atoms with E-state index in [9.17, 15) is 14.9 Å². The number of aromatic carboxylic acids is 1. The van der Waals surface area contributed by atoms with Crippen LogP contribution in [0.4, 0.5) is 11.6 Å². The first-order chi connectivity index (χ1) is 9.06. The largest absolute Gasteiger partial charge is 0.478 e. The van der Waals surface area contributed by atoms with Crippen LogP contribution in [0.3, 0.4) is 0 Å². The summed E-state index contributed by atoms with van der Waals surface area (Å²) in [5, 5.41) is 19.2. The van der Waals surface area contributed by atoms with E-state index < -0.39 is 10.9 Å². The Hall–Kier alpha value is -2.96. The van der Waals surface area contributed by atoms with E-state index in [2.05, 4.69) is 4.99 Å². The topological polar surface area (TPSA) is 106 Å². The average Bonchev–Trinajstić information content (AvgIpc) is 2.85. The van der Waals surface area contributed by atoms with Crippen molar-refractivity contribution in [2.75, 3.05) is 0 Å². The first-order valence-electron chi connectivity index (χ1n) is 5.18. The molecule has 0 bridgehead atoms. The monoisotopic (exact) mass is 260 g/mol. The average molecular weight is 260 g/mol. The van der Waals surface area contributed by atoms with Crippen LogP contribution in [0.25, 0.3) is 0 Å². The highest BCUT2D eigenvalue weighted by Crippen LogP contribution is 2.17. The molecule has 0 saturated heterocycles. The van der Waals surface area contributed by atoms with Gasteiger partial charge in [-0.3, -0.25) is 15.1 Å². The molecule has 0 spiro atoms. The third-order valence-corrected chi connectivity index (χ3v) is 2.23. The minimum absolute atomic E-state index is 0.111. The van der Waals surface area contributed by atoms with Crippen LogP contribution in [0, 0.1) is 10.1 Å². The van der Waals surface area contributed by atoms with Gasteiger partial charge in [0.25, 0.3) is 0 Å². The molecule has 0 saturated carbocycles. The number of hydrogen-bond donors (Lipinski definition) is 1. The summed E-state index contributed by atoms with van der Waals surface area (Å²) in [6, 6.07) is 8.62. The molecule has 0 atom stereocenters. The number of aliphatic imine (C=N–C) groups is 1. The summed E-state index contributed by atoms with van der Waals surface area (Å²) in [7, 11) is 0. The number of rotatable bonds is 4. The molecule has 19 heavy (non-hydrogen) atoms. The van der Waals surface area contributed by atoms with Gasteiger partial charge in [0.05, 0.1) is 23.5 Å². The van der Waals surface area contributed by atoms with E-state index in [4.69, 9.17) is 9.52 Å². The van der Waals surface area contributed by atoms with Gasteiger partial charge in [0.15, 0.2) is 5.76 Å². The van der Waals surface area contributed by atoms with E-state index >= 15 is 0 Å². The zero-order valence-electron chi connectivity index (χ0n) is 9.52. The van der Waals surface area contributed by atoms with Gasteiger partial charge < -0.3 is 9.52 Å². The second kappa shape index (κ2) is 5.13. The summed E-state index contributed by atoms with van der Waals surface area (Å²) in [6.45, 7) is 0. The van der Waals surface area contributed by atoms with Crippen molar-refractivity contribution < 1.29 is 19.2 Å². The van der Waals surface area contributed by atoms with Crippen LogP contribution < -0.4 is 0 Å². The molecule has 2 aromatic rings.